The molecule has 1 heterocycles. The van der Waals surface area contributed by atoms with Crippen molar-refractivity contribution >= 4 is 23.8 Å². The van der Waals surface area contributed by atoms with E-state index in [1.54, 1.807) is 0 Å². The summed E-state index contributed by atoms with van der Waals surface area (Å²) in [4.78, 5) is 26.5. The molecule has 0 aliphatic rings. The number of carbonyl (C=O) groups is 1. The van der Waals surface area contributed by atoms with Crippen LogP contribution in [0.1, 0.15) is 27.7 Å². The number of amides is 1. The van der Waals surface area contributed by atoms with E-state index in [9.17, 15) is 4.79 Å². The average Bonchev–Trinajstić information content (AvgIpc) is 2.47. The summed E-state index contributed by atoms with van der Waals surface area (Å²) in [7, 11) is 0. The van der Waals surface area contributed by atoms with Crippen molar-refractivity contribution in [2.45, 2.75) is 27.7 Å². The fourth-order valence-corrected chi connectivity index (χ4v) is 1.75. The molecule has 1 rings (SSSR count). The molecular weight excluding hydrogens is 270 g/mol. The van der Waals surface area contributed by atoms with Gasteiger partial charge in [0.2, 0.25) is 23.8 Å². The van der Waals surface area contributed by atoms with Gasteiger partial charge in [-0.1, -0.05) is 0 Å². The first-order valence-electron chi connectivity index (χ1n) is 7.39. The summed E-state index contributed by atoms with van der Waals surface area (Å²) in [6.45, 7) is 11.0. The average molecular weight is 295 g/mol. The summed E-state index contributed by atoms with van der Waals surface area (Å²) >= 11 is 0. The highest BCUT2D eigenvalue weighted by atomic mass is 16.1. The molecule has 0 aromatic carbocycles. The number of rotatable bonds is 9. The predicted molar refractivity (Wildman–Crippen MR) is 84.7 cm³/mol. The van der Waals surface area contributed by atoms with Crippen molar-refractivity contribution in [1.29, 1.82) is 0 Å². The van der Waals surface area contributed by atoms with E-state index >= 15 is 0 Å². The summed E-state index contributed by atoms with van der Waals surface area (Å²) in [6.07, 6.45) is 0. The minimum atomic E-state index is -0.0905. The molecule has 0 saturated heterocycles. The maximum Gasteiger partial charge on any atom is 0.239 e. The smallest absolute Gasteiger partial charge is 0.239 e. The molecule has 0 unspecified atom stereocenters. The first kappa shape index (κ1) is 16.9. The summed E-state index contributed by atoms with van der Waals surface area (Å²) in [5, 5.41) is 8.72. The van der Waals surface area contributed by atoms with Crippen LogP contribution >= 0.6 is 0 Å². The fraction of sp³-hybridized carbons (Fsp3) is 0.692. The molecule has 0 aliphatic heterocycles. The van der Waals surface area contributed by atoms with Crippen molar-refractivity contribution in [2.24, 2.45) is 0 Å². The van der Waals surface area contributed by atoms with Gasteiger partial charge in [-0.05, 0) is 27.7 Å². The van der Waals surface area contributed by atoms with Crippen LogP contribution in [-0.4, -0.2) is 53.6 Å². The van der Waals surface area contributed by atoms with Gasteiger partial charge in [0, 0.05) is 26.2 Å². The van der Waals surface area contributed by atoms with Crippen molar-refractivity contribution in [1.82, 2.24) is 20.3 Å². The molecule has 118 valence electrons. The highest BCUT2D eigenvalue weighted by Crippen LogP contribution is 2.13. The molecule has 0 fully saturated rings. The zero-order valence-electron chi connectivity index (χ0n) is 13.2. The number of aromatic nitrogens is 3. The van der Waals surface area contributed by atoms with Crippen LogP contribution < -0.4 is 20.9 Å². The molecule has 0 radical (unpaired) electrons. The van der Waals surface area contributed by atoms with Gasteiger partial charge in [-0.3, -0.25) is 4.79 Å². The van der Waals surface area contributed by atoms with Crippen LogP contribution in [0.5, 0.6) is 0 Å². The Morgan fingerprint density at radius 3 is 2.10 bits per heavy atom. The van der Waals surface area contributed by atoms with E-state index in [1.807, 2.05) is 32.6 Å². The van der Waals surface area contributed by atoms with Crippen LogP contribution in [0.3, 0.4) is 0 Å². The Morgan fingerprint density at radius 2 is 1.57 bits per heavy atom. The summed E-state index contributed by atoms with van der Waals surface area (Å²) in [5.74, 6) is 1.42. The SMILES string of the molecule is CCNC(=O)CNc1nc(NCC)nc(N(CC)CC)n1. The molecular formula is C13H25N7O. The quantitative estimate of drug-likeness (QED) is 0.617. The molecule has 1 aromatic rings. The van der Waals surface area contributed by atoms with Gasteiger partial charge in [-0.2, -0.15) is 15.0 Å². The Labute approximate surface area is 125 Å². The van der Waals surface area contributed by atoms with Crippen LogP contribution in [0.25, 0.3) is 0 Å². The maximum atomic E-state index is 11.5. The van der Waals surface area contributed by atoms with Crippen LogP contribution in [-0.2, 0) is 4.79 Å². The number of likely N-dealkylation sites (N-methyl/N-ethyl adjacent to an activating group) is 1. The van der Waals surface area contributed by atoms with Crippen molar-refractivity contribution in [2.75, 3.05) is 48.3 Å². The van der Waals surface area contributed by atoms with Gasteiger partial charge in [-0.15, -0.1) is 0 Å². The first-order valence-corrected chi connectivity index (χ1v) is 7.39. The maximum absolute atomic E-state index is 11.5. The lowest BCUT2D eigenvalue weighted by atomic mass is 10.5. The summed E-state index contributed by atoms with van der Waals surface area (Å²) in [6, 6.07) is 0. The molecule has 8 heteroatoms. The standard InChI is InChI=1S/C13H25N7O/c1-5-14-10(21)9-16-12-17-11(15-6-2)18-13(19-12)20(7-3)8-4/h5-9H2,1-4H3,(H,14,21)(H2,15,16,17,18,19). The van der Waals surface area contributed by atoms with Crippen LogP contribution in [0.15, 0.2) is 0 Å². The lowest BCUT2D eigenvalue weighted by molar-refractivity contribution is -0.119. The highest BCUT2D eigenvalue weighted by Gasteiger charge is 2.11. The second-order valence-electron chi connectivity index (χ2n) is 4.29. The van der Waals surface area contributed by atoms with E-state index in [2.05, 4.69) is 30.9 Å². The summed E-state index contributed by atoms with van der Waals surface area (Å²) in [5.41, 5.74) is 0. The lowest BCUT2D eigenvalue weighted by Gasteiger charge is -2.19. The third kappa shape index (κ3) is 5.41. The molecule has 0 bridgehead atoms. The zero-order chi connectivity index (χ0) is 15.7. The van der Waals surface area contributed by atoms with Crippen molar-refractivity contribution in [3.63, 3.8) is 0 Å². The van der Waals surface area contributed by atoms with E-state index in [4.69, 9.17) is 0 Å². The van der Waals surface area contributed by atoms with Gasteiger partial charge in [0.1, 0.15) is 0 Å². The van der Waals surface area contributed by atoms with Crippen LogP contribution in [0.2, 0.25) is 0 Å². The molecule has 8 nitrogen and oxygen atoms in total. The van der Waals surface area contributed by atoms with Gasteiger partial charge in [-0.25, -0.2) is 0 Å². The van der Waals surface area contributed by atoms with Crippen LogP contribution in [0, 0.1) is 0 Å². The predicted octanol–water partition coefficient (Wildman–Crippen LogP) is 0.698. The Balaban J connectivity index is 2.88. The highest BCUT2D eigenvalue weighted by molar-refractivity contribution is 5.80. The molecule has 0 aliphatic carbocycles. The molecule has 21 heavy (non-hydrogen) atoms. The molecule has 0 saturated carbocycles. The van der Waals surface area contributed by atoms with E-state index in [0.717, 1.165) is 19.6 Å². The van der Waals surface area contributed by atoms with Crippen molar-refractivity contribution < 1.29 is 4.79 Å². The number of hydrogen-bond donors (Lipinski definition) is 3. The first-order chi connectivity index (χ1) is 10.1. The third-order valence-corrected chi connectivity index (χ3v) is 2.79. The third-order valence-electron chi connectivity index (χ3n) is 2.79. The largest absolute Gasteiger partial charge is 0.355 e. The number of carbonyl (C=O) groups excluding carboxylic acids is 1. The summed E-state index contributed by atoms with van der Waals surface area (Å²) < 4.78 is 0. The number of hydrogen-bond acceptors (Lipinski definition) is 7. The van der Waals surface area contributed by atoms with Crippen LogP contribution in [0.4, 0.5) is 17.8 Å². The van der Waals surface area contributed by atoms with E-state index in [0.29, 0.717) is 24.4 Å². The minimum Gasteiger partial charge on any atom is -0.355 e. The second kappa shape index (κ2) is 8.93. The van der Waals surface area contributed by atoms with E-state index < -0.39 is 0 Å². The van der Waals surface area contributed by atoms with Crippen molar-refractivity contribution in [3.05, 3.63) is 0 Å². The second-order valence-corrected chi connectivity index (χ2v) is 4.29. The lowest BCUT2D eigenvalue weighted by Crippen LogP contribution is -2.30. The van der Waals surface area contributed by atoms with E-state index in [1.165, 1.54) is 0 Å². The molecule has 3 N–H and O–H groups in total. The van der Waals surface area contributed by atoms with Gasteiger partial charge in [0.05, 0.1) is 6.54 Å². The Morgan fingerprint density at radius 1 is 0.952 bits per heavy atom. The van der Waals surface area contributed by atoms with E-state index in [-0.39, 0.29) is 12.5 Å². The monoisotopic (exact) mass is 295 g/mol. The molecule has 0 spiro atoms. The number of nitrogens with one attached hydrogen (secondary N) is 3. The topological polar surface area (TPSA) is 95.1 Å². The van der Waals surface area contributed by atoms with Gasteiger partial charge >= 0.3 is 0 Å². The fourth-order valence-electron chi connectivity index (χ4n) is 1.75. The zero-order valence-corrected chi connectivity index (χ0v) is 13.2. The minimum absolute atomic E-state index is 0.0905. The van der Waals surface area contributed by atoms with Gasteiger partial charge in [0.25, 0.3) is 0 Å². The molecule has 1 aromatic heterocycles. The molecule has 1 amide bonds. The normalized spacial score (nSPS) is 10.1. The van der Waals surface area contributed by atoms with Gasteiger partial charge in [0.15, 0.2) is 0 Å². The van der Waals surface area contributed by atoms with Gasteiger partial charge < -0.3 is 20.9 Å². The molecule has 0 atom stereocenters. The Hall–Kier alpha value is -2.12. The number of anilines is 3. The Bertz CT molecular complexity index is 448. The van der Waals surface area contributed by atoms with Crippen molar-refractivity contribution in [3.8, 4) is 0 Å². The Kier molecular flexibility index (Phi) is 7.20. The number of nitrogens with zero attached hydrogens (tertiary/aromatic N) is 4.